The van der Waals surface area contributed by atoms with Gasteiger partial charge in [0.05, 0.1) is 14.2 Å². The minimum Gasteiger partial charge on any atom is -0.497 e. The van der Waals surface area contributed by atoms with Crippen LogP contribution < -0.4 is 15.2 Å². The van der Waals surface area contributed by atoms with Gasteiger partial charge in [-0.1, -0.05) is 6.07 Å². The number of benzene rings is 1. The summed E-state index contributed by atoms with van der Waals surface area (Å²) in [4.78, 5) is 4.29. The van der Waals surface area contributed by atoms with Gasteiger partial charge in [-0.15, -0.1) is 0 Å². The van der Waals surface area contributed by atoms with Gasteiger partial charge >= 0.3 is 0 Å². The molecule has 19 heavy (non-hydrogen) atoms. The van der Waals surface area contributed by atoms with E-state index in [0.29, 0.717) is 6.42 Å². The number of nitrogens with zero attached hydrogens (tertiary/aromatic N) is 2. The lowest BCUT2D eigenvalue weighted by atomic mass is 10.0. The summed E-state index contributed by atoms with van der Waals surface area (Å²) in [5, 5.41) is 0. The molecular weight excluding hydrogens is 242 g/mol. The van der Waals surface area contributed by atoms with Crippen molar-refractivity contribution in [2.45, 2.75) is 12.5 Å². The van der Waals surface area contributed by atoms with Crippen molar-refractivity contribution >= 4 is 0 Å². The van der Waals surface area contributed by atoms with Crippen molar-refractivity contribution in [3.63, 3.8) is 0 Å². The topological polar surface area (TPSA) is 62.3 Å². The highest BCUT2D eigenvalue weighted by molar-refractivity contribution is 5.42. The first-order chi connectivity index (χ1) is 9.15. The Balaban J connectivity index is 2.23. The van der Waals surface area contributed by atoms with E-state index in [1.165, 1.54) is 0 Å². The maximum absolute atomic E-state index is 6.25. The molecular formula is C14H19N3O2. The zero-order valence-corrected chi connectivity index (χ0v) is 11.5. The Morgan fingerprint density at radius 3 is 2.68 bits per heavy atom. The van der Waals surface area contributed by atoms with Crippen molar-refractivity contribution in [2.75, 3.05) is 14.2 Å². The first-order valence-electron chi connectivity index (χ1n) is 6.09. The molecule has 0 aliphatic heterocycles. The Morgan fingerprint density at radius 1 is 1.32 bits per heavy atom. The van der Waals surface area contributed by atoms with Crippen LogP contribution in [0.3, 0.4) is 0 Å². The van der Waals surface area contributed by atoms with Crippen molar-refractivity contribution in [3.05, 3.63) is 42.0 Å². The van der Waals surface area contributed by atoms with Crippen LogP contribution in [0.2, 0.25) is 0 Å². The molecule has 1 unspecified atom stereocenters. The first-order valence-corrected chi connectivity index (χ1v) is 6.09. The van der Waals surface area contributed by atoms with Crippen LogP contribution in [0.5, 0.6) is 11.5 Å². The highest BCUT2D eigenvalue weighted by atomic mass is 16.5. The lowest BCUT2D eigenvalue weighted by molar-refractivity contribution is 0.388. The Bertz CT molecular complexity index is 551. The predicted octanol–water partition coefficient (Wildman–Crippen LogP) is 1.68. The van der Waals surface area contributed by atoms with Crippen LogP contribution in [0.4, 0.5) is 0 Å². The third-order valence-electron chi connectivity index (χ3n) is 3.16. The highest BCUT2D eigenvalue weighted by Crippen LogP contribution is 2.29. The fourth-order valence-corrected chi connectivity index (χ4v) is 2.02. The molecule has 1 aromatic heterocycles. The molecule has 0 radical (unpaired) electrons. The molecule has 0 saturated heterocycles. The molecule has 102 valence electrons. The number of aromatic nitrogens is 2. The van der Waals surface area contributed by atoms with Crippen LogP contribution in [0.1, 0.15) is 17.4 Å². The number of rotatable bonds is 5. The van der Waals surface area contributed by atoms with Gasteiger partial charge in [0.2, 0.25) is 0 Å². The molecule has 0 saturated carbocycles. The summed E-state index contributed by atoms with van der Waals surface area (Å²) in [6, 6.07) is 5.50. The lowest BCUT2D eigenvalue weighted by Crippen LogP contribution is -2.16. The summed E-state index contributed by atoms with van der Waals surface area (Å²) in [6.45, 7) is 0. The van der Waals surface area contributed by atoms with E-state index in [-0.39, 0.29) is 6.04 Å². The standard InChI is InChI=1S/C14H19N3O2/c1-17-7-6-16-14(17)9-12(15)11-5-4-10(18-2)8-13(11)19-3/h4-8,12H,9,15H2,1-3H3. The van der Waals surface area contributed by atoms with Crippen molar-refractivity contribution in [1.82, 2.24) is 9.55 Å². The average Bonchev–Trinajstić information content (AvgIpc) is 2.83. The third-order valence-corrected chi connectivity index (χ3v) is 3.16. The van der Waals surface area contributed by atoms with Crippen LogP contribution >= 0.6 is 0 Å². The largest absolute Gasteiger partial charge is 0.497 e. The molecule has 1 atom stereocenters. The summed E-state index contributed by atoms with van der Waals surface area (Å²) in [5.74, 6) is 2.44. The highest BCUT2D eigenvalue weighted by Gasteiger charge is 2.15. The van der Waals surface area contributed by atoms with Gasteiger partial charge in [-0.3, -0.25) is 0 Å². The number of methoxy groups -OCH3 is 2. The number of aryl methyl sites for hydroxylation is 1. The number of nitrogens with two attached hydrogens (primary N) is 1. The van der Waals surface area contributed by atoms with Crippen LogP contribution in [0, 0.1) is 0 Å². The van der Waals surface area contributed by atoms with E-state index in [9.17, 15) is 0 Å². The molecule has 2 rings (SSSR count). The smallest absolute Gasteiger partial charge is 0.127 e. The fourth-order valence-electron chi connectivity index (χ4n) is 2.02. The summed E-state index contributed by atoms with van der Waals surface area (Å²) in [5.41, 5.74) is 7.20. The molecule has 5 nitrogen and oxygen atoms in total. The van der Waals surface area contributed by atoms with E-state index in [1.54, 1.807) is 20.4 Å². The van der Waals surface area contributed by atoms with E-state index in [0.717, 1.165) is 22.9 Å². The summed E-state index contributed by atoms with van der Waals surface area (Å²) < 4.78 is 12.5. The maximum Gasteiger partial charge on any atom is 0.127 e. The molecule has 2 N–H and O–H groups in total. The van der Waals surface area contributed by atoms with Gasteiger partial charge in [0.15, 0.2) is 0 Å². The van der Waals surface area contributed by atoms with E-state index in [2.05, 4.69) is 4.98 Å². The minimum atomic E-state index is -0.165. The molecule has 1 heterocycles. The van der Waals surface area contributed by atoms with E-state index in [1.807, 2.05) is 36.0 Å². The minimum absolute atomic E-state index is 0.165. The second kappa shape index (κ2) is 5.75. The van der Waals surface area contributed by atoms with Crippen molar-refractivity contribution in [3.8, 4) is 11.5 Å². The van der Waals surface area contributed by atoms with Gasteiger partial charge in [-0.05, 0) is 6.07 Å². The Kier molecular flexibility index (Phi) is 4.06. The SMILES string of the molecule is COc1ccc(C(N)Cc2nccn2C)c(OC)c1. The first kappa shape index (κ1) is 13.4. The average molecular weight is 261 g/mol. The van der Waals surface area contributed by atoms with E-state index < -0.39 is 0 Å². The van der Waals surface area contributed by atoms with Crippen molar-refractivity contribution in [2.24, 2.45) is 12.8 Å². The summed E-state index contributed by atoms with van der Waals surface area (Å²) >= 11 is 0. The Hall–Kier alpha value is -2.01. The molecule has 0 amide bonds. The van der Waals surface area contributed by atoms with Crippen LogP contribution in [0.25, 0.3) is 0 Å². The number of hydrogen-bond donors (Lipinski definition) is 1. The van der Waals surface area contributed by atoms with Gasteiger partial charge < -0.3 is 19.8 Å². The molecule has 0 aliphatic carbocycles. The molecule has 0 aliphatic rings. The monoisotopic (exact) mass is 261 g/mol. The third kappa shape index (κ3) is 2.88. The Morgan fingerprint density at radius 2 is 2.11 bits per heavy atom. The zero-order chi connectivity index (χ0) is 13.8. The lowest BCUT2D eigenvalue weighted by Gasteiger charge is -2.16. The second-order valence-electron chi connectivity index (χ2n) is 4.37. The number of ether oxygens (including phenoxy) is 2. The molecule has 5 heteroatoms. The fraction of sp³-hybridized carbons (Fsp3) is 0.357. The van der Waals surface area contributed by atoms with Crippen LogP contribution in [0.15, 0.2) is 30.6 Å². The molecule has 0 spiro atoms. The molecule has 2 aromatic rings. The van der Waals surface area contributed by atoms with Gasteiger partial charge in [-0.25, -0.2) is 4.98 Å². The maximum atomic E-state index is 6.25. The quantitative estimate of drug-likeness (QED) is 0.889. The number of hydrogen-bond acceptors (Lipinski definition) is 4. The zero-order valence-electron chi connectivity index (χ0n) is 11.5. The van der Waals surface area contributed by atoms with Gasteiger partial charge in [0, 0.05) is 43.5 Å². The summed E-state index contributed by atoms with van der Waals surface area (Å²) in [7, 11) is 5.22. The summed E-state index contributed by atoms with van der Waals surface area (Å²) in [6.07, 6.45) is 4.34. The number of imidazole rings is 1. The van der Waals surface area contributed by atoms with E-state index >= 15 is 0 Å². The Labute approximate surface area is 113 Å². The predicted molar refractivity (Wildman–Crippen MR) is 73.4 cm³/mol. The van der Waals surface area contributed by atoms with Crippen LogP contribution in [-0.4, -0.2) is 23.8 Å². The van der Waals surface area contributed by atoms with Gasteiger partial charge in [-0.2, -0.15) is 0 Å². The molecule has 0 fully saturated rings. The van der Waals surface area contributed by atoms with Gasteiger partial charge in [0.1, 0.15) is 17.3 Å². The normalized spacial score (nSPS) is 12.2. The van der Waals surface area contributed by atoms with Gasteiger partial charge in [0.25, 0.3) is 0 Å². The molecule has 0 bridgehead atoms. The van der Waals surface area contributed by atoms with Crippen molar-refractivity contribution < 1.29 is 9.47 Å². The van der Waals surface area contributed by atoms with Crippen LogP contribution in [-0.2, 0) is 13.5 Å². The second-order valence-corrected chi connectivity index (χ2v) is 4.37. The van der Waals surface area contributed by atoms with E-state index in [4.69, 9.17) is 15.2 Å². The van der Waals surface area contributed by atoms with Crippen molar-refractivity contribution in [1.29, 1.82) is 0 Å². The molecule has 1 aromatic carbocycles.